The van der Waals surface area contributed by atoms with Crippen LogP contribution in [0.1, 0.15) is 53.4 Å². The SMILES string of the molecule is CCNCC(C)C(=O)NC1CCCCC1(C)C. The van der Waals surface area contributed by atoms with Crippen molar-refractivity contribution in [1.29, 1.82) is 0 Å². The third-order valence-electron chi connectivity index (χ3n) is 3.97. The molecular weight excluding hydrogens is 212 g/mol. The molecule has 2 N–H and O–H groups in total. The van der Waals surface area contributed by atoms with Crippen molar-refractivity contribution in [3.63, 3.8) is 0 Å². The molecule has 3 heteroatoms. The van der Waals surface area contributed by atoms with E-state index in [2.05, 4.69) is 31.4 Å². The van der Waals surface area contributed by atoms with Crippen LogP contribution in [0.25, 0.3) is 0 Å². The lowest BCUT2D eigenvalue weighted by Crippen LogP contribution is -2.49. The van der Waals surface area contributed by atoms with Gasteiger partial charge in [-0.25, -0.2) is 0 Å². The predicted octanol–water partition coefficient (Wildman–Crippen LogP) is 2.32. The van der Waals surface area contributed by atoms with E-state index in [9.17, 15) is 4.79 Å². The third-order valence-corrected chi connectivity index (χ3v) is 3.97. The highest BCUT2D eigenvalue weighted by Gasteiger charge is 2.33. The Labute approximate surface area is 106 Å². The molecule has 1 fully saturated rings. The molecule has 0 aromatic rings. The largest absolute Gasteiger partial charge is 0.353 e. The zero-order valence-electron chi connectivity index (χ0n) is 11.8. The Morgan fingerprint density at radius 3 is 2.71 bits per heavy atom. The molecule has 0 bridgehead atoms. The van der Waals surface area contributed by atoms with E-state index in [1.807, 2.05) is 6.92 Å². The van der Waals surface area contributed by atoms with E-state index in [1.54, 1.807) is 0 Å². The second kappa shape index (κ2) is 6.39. The standard InChI is InChI=1S/C14H28N2O/c1-5-15-10-11(2)13(17)16-12-8-6-7-9-14(12,3)4/h11-12,15H,5-10H2,1-4H3,(H,16,17). The fourth-order valence-electron chi connectivity index (χ4n) is 2.53. The van der Waals surface area contributed by atoms with Gasteiger partial charge in [0.05, 0.1) is 0 Å². The topological polar surface area (TPSA) is 41.1 Å². The first-order valence-electron chi connectivity index (χ1n) is 6.98. The van der Waals surface area contributed by atoms with Crippen LogP contribution in [0.5, 0.6) is 0 Å². The Kier molecular flexibility index (Phi) is 5.44. The second-order valence-electron chi connectivity index (χ2n) is 6.00. The van der Waals surface area contributed by atoms with Crippen molar-refractivity contribution in [2.45, 2.75) is 59.4 Å². The van der Waals surface area contributed by atoms with Gasteiger partial charge in [0, 0.05) is 18.5 Å². The van der Waals surface area contributed by atoms with Gasteiger partial charge in [0.25, 0.3) is 0 Å². The van der Waals surface area contributed by atoms with Crippen molar-refractivity contribution in [3.05, 3.63) is 0 Å². The highest BCUT2D eigenvalue weighted by molar-refractivity contribution is 5.78. The van der Waals surface area contributed by atoms with Crippen LogP contribution in [0, 0.1) is 11.3 Å². The number of carbonyl (C=O) groups is 1. The Balaban J connectivity index is 2.43. The normalized spacial score (nSPS) is 25.3. The first-order chi connectivity index (χ1) is 7.97. The molecule has 0 spiro atoms. The molecule has 1 saturated carbocycles. The maximum atomic E-state index is 12.1. The van der Waals surface area contributed by atoms with Gasteiger partial charge in [0.1, 0.15) is 0 Å². The van der Waals surface area contributed by atoms with Gasteiger partial charge in [-0.2, -0.15) is 0 Å². The molecule has 0 aromatic heterocycles. The van der Waals surface area contributed by atoms with Gasteiger partial charge in [-0.3, -0.25) is 4.79 Å². The van der Waals surface area contributed by atoms with E-state index in [0.717, 1.165) is 19.5 Å². The highest BCUT2D eigenvalue weighted by Crippen LogP contribution is 2.35. The molecule has 2 atom stereocenters. The van der Waals surface area contributed by atoms with Crippen molar-refractivity contribution < 1.29 is 4.79 Å². The molecule has 3 nitrogen and oxygen atoms in total. The minimum atomic E-state index is 0.0627. The Hall–Kier alpha value is -0.570. The number of amides is 1. The predicted molar refractivity (Wildman–Crippen MR) is 71.9 cm³/mol. The van der Waals surface area contributed by atoms with Crippen LogP contribution in [-0.4, -0.2) is 25.0 Å². The van der Waals surface area contributed by atoms with Crippen LogP contribution < -0.4 is 10.6 Å². The quantitative estimate of drug-likeness (QED) is 0.774. The molecule has 1 rings (SSSR count). The smallest absolute Gasteiger partial charge is 0.224 e. The summed E-state index contributed by atoms with van der Waals surface area (Å²) >= 11 is 0. The van der Waals surface area contributed by atoms with Crippen LogP contribution in [0.4, 0.5) is 0 Å². The highest BCUT2D eigenvalue weighted by atomic mass is 16.1. The molecule has 1 aliphatic rings. The van der Waals surface area contributed by atoms with Gasteiger partial charge < -0.3 is 10.6 Å². The zero-order valence-corrected chi connectivity index (χ0v) is 11.8. The average molecular weight is 240 g/mol. The molecule has 1 aliphatic carbocycles. The Morgan fingerprint density at radius 1 is 1.41 bits per heavy atom. The van der Waals surface area contributed by atoms with Crippen LogP contribution in [0.3, 0.4) is 0 Å². The lowest BCUT2D eigenvalue weighted by molar-refractivity contribution is -0.126. The summed E-state index contributed by atoms with van der Waals surface area (Å²) in [7, 11) is 0. The van der Waals surface area contributed by atoms with Crippen molar-refractivity contribution in [2.75, 3.05) is 13.1 Å². The van der Waals surface area contributed by atoms with E-state index in [-0.39, 0.29) is 17.2 Å². The summed E-state index contributed by atoms with van der Waals surface area (Å²) in [4.78, 5) is 12.1. The van der Waals surface area contributed by atoms with E-state index in [0.29, 0.717) is 6.04 Å². The van der Waals surface area contributed by atoms with Crippen molar-refractivity contribution in [2.24, 2.45) is 11.3 Å². The maximum Gasteiger partial charge on any atom is 0.224 e. The van der Waals surface area contributed by atoms with Gasteiger partial charge in [-0.1, -0.05) is 40.5 Å². The van der Waals surface area contributed by atoms with Crippen LogP contribution in [-0.2, 0) is 4.79 Å². The van der Waals surface area contributed by atoms with Crippen molar-refractivity contribution >= 4 is 5.91 Å². The minimum Gasteiger partial charge on any atom is -0.353 e. The molecule has 0 heterocycles. The fourth-order valence-corrected chi connectivity index (χ4v) is 2.53. The molecule has 0 aliphatic heterocycles. The monoisotopic (exact) mass is 240 g/mol. The van der Waals surface area contributed by atoms with Crippen LogP contribution >= 0.6 is 0 Å². The summed E-state index contributed by atoms with van der Waals surface area (Å²) in [6, 6.07) is 0.354. The van der Waals surface area contributed by atoms with Crippen molar-refractivity contribution in [3.8, 4) is 0 Å². The number of rotatable bonds is 5. The molecule has 2 unspecified atom stereocenters. The van der Waals surface area contributed by atoms with Crippen LogP contribution in [0.2, 0.25) is 0 Å². The molecule has 0 radical (unpaired) electrons. The van der Waals surface area contributed by atoms with E-state index >= 15 is 0 Å². The number of nitrogens with one attached hydrogen (secondary N) is 2. The summed E-state index contributed by atoms with van der Waals surface area (Å²) in [5.41, 5.74) is 0.256. The van der Waals surface area contributed by atoms with Gasteiger partial charge in [0.15, 0.2) is 0 Å². The fraction of sp³-hybridized carbons (Fsp3) is 0.929. The lowest BCUT2D eigenvalue weighted by atomic mass is 9.73. The molecule has 17 heavy (non-hydrogen) atoms. The molecule has 0 saturated heterocycles. The van der Waals surface area contributed by atoms with E-state index in [1.165, 1.54) is 19.3 Å². The summed E-state index contributed by atoms with van der Waals surface area (Å²) in [5.74, 6) is 0.263. The van der Waals surface area contributed by atoms with Gasteiger partial charge in [-0.15, -0.1) is 0 Å². The number of carbonyl (C=O) groups excluding carboxylic acids is 1. The average Bonchev–Trinajstić information content (AvgIpc) is 2.28. The molecule has 1 amide bonds. The minimum absolute atomic E-state index is 0.0627. The van der Waals surface area contributed by atoms with Crippen LogP contribution in [0.15, 0.2) is 0 Å². The second-order valence-corrected chi connectivity index (χ2v) is 6.00. The summed E-state index contributed by atoms with van der Waals surface area (Å²) in [6.45, 7) is 10.3. The third kappa shape index (κ3) is 4.30. The van der Waals surface area contributed by atoms with Crippen molar-refractivity contribution in [1.82, 2.24) is 10.6 Å². The number of hydrogen-bond acceptors (Lipinski definition) is 2. The Morgan fingerprint density at radius 2 is 2.12 bits per heavy atom. The lowest BCUT2D eigenvalue weighted by Gasteiger charge is -2.39. The maximum absolute atomic E-state index is 12.1. The molecular formula is C14H28N2O. The number of hydrogen-bond donors (Lipinski definition) is 2. The summed E-state index contributed by atoms with van der Waals surface area (Å²) in [6.07, 6.45) is 4.90. The summed E-state index contributed by atoms with van der Waals surface area (Å²) in [5, 5.41) is 6.46. The van der Waals surface area contributed by atoms with Gasteiger partial charge in [0.2, 0.25) is 5.91 Å². The zero-order chi connectivity index (χ0) is 12.9. The van der Waals surface area contributed by atoms with Gasteiger partial charge >= 0.3 is 0 Å². The first kappa shape index (κ1) is 14.5. The Bertz CT molecular complexity index is 251. The van der Waals surface area contributed by atoms with E-state index < -0.39 is 0 Å². The first-order valence-corrected chi connectivity index (χ1v) is 6.98. The summed E-state index contributed by atoms with van der Waals surface area (Å²) < 4.78 is 0. The molecule has 100 valence electrons. The van der Waals surface area contributed by atoms with E-state index in [4.69, 9.17) is 0 Å². The van der Waals surface area contributed by atoms with Gasteiger partial charge in [-0.05, 0) is 24.8 Å². The molecule has 0 aromatic carbocycles.